The normalized spacial score (nSPS) is 19.1. The summed E-state index contributed by atoms with van der Waals surface area (Å²) in [4.78, 5) is 0. The van der Waals surface area contributed by atoms with Crippen molar-refractivity contribution >= 4 is 20.8 Å². The zero-order chi connectivity index (χ0) is 17.0. The van der Waals surface area contributed by atoms with Crippen LogP contribution >= 0.6 is 0 Å². The topological polar surface area (TPSA) is 46.6 Å². The summed E-state index contributed by atoms with van der Waals surface area (Å²) in [5.41, 5.74) is 1.13. The first-order chi connectivity index (χ1) is 11.6. The highest BCUT2D eigenvalue weighted by molar-refractivity contribution is 7.89. The van der Waals surface area contributed by atoms with E-state index in [-0.39, 0.29) is 11.8 Å². The minimum Gasteiger partial charge on any atom is -0.385 e. The molecule has 2 aromatic rings. The Labute approximate surface area is 144 Å². The third-order valence-corrected chi connectivity index (χ3v) is 6.70. The van der Waals surface area contributed by atoms with Crippen LogP contribution in [0.4, 0.5) is 0 Å². The minimum atomic E-state index is -3.23. The fourth-order valence-electron chi connectivity index (χ4n) is 3.57. The molecule has 0 N–H and O–H groups in total. The van der Waals surface area contributed by atoms with Gasteiger partial charge in [-0.1, -0.05) is 42.5 Å². The van der Waals surface area contributed by atoms with Crippen LogP contribution in [0.2, 0.25) is 0 Å². The van der Waals surface area contributed by atoms with Gasteiger partial charge in [-0.25, -0.2) is 8.42 Å². The lowest BCUT2D eigenvalue weighted by Gasteiger charge is -2.25. The Morgan fingerprint density at radius 1 is 1.12 bits per heavy atom. The number of hydrogen-bond donors (Lipinski definition) is 0. The van der Waals surface area contributed by atoms with E-state index >= 15 is 0 Å². The number of sulfonamides is 1. The smallest absolute Gasteiger partial charge is 0.214 e. The molecular formula is C19H25NO3S. The predicted octanol–water partition coefficient (Wildman–Crippen LogP) is 3.73. The van der Waals surface area contributed by atoms with Crippen LogP contribution < -0.4 is 0 Å². The molecule has 0 unspecified atom stereocenters. The van der Waals surface area contributed by atoms with Crippen molar-refractivity contribution in [1.29, 1.82) is 0 Å². The molecule has 4 nitrogen and oxygen atoms in total. The number of fused-ring (bicyclic) bond motifs is 1. The van der Waals surface area contributed by atoms with Crippen LogP contribution in [0, 0.1) is 0 Å². The van der Waals surface area contributed by atoms with E-state index in [0.29, 0.717) is 19.6 Å². The van der Waals surface area contributed by atoms with Crippen LogP contribution in [0.3, 0.4) is 0 Å². The maximum atomic E-state index is 12.8. The summed E-state index contributed by atoms with van der Waals surface area (Å²) >= 11 is 0. The molecule has 1 saturated heterocycles. The maximum Gasteiger partial charge on any atom is 0.214 e. The molecule has 5 heteroatoms. The first kappa shape index (κ1) is 17.4. The van der Waals surface area contributed by atoms with Crippen LogP contribution in [0.5, 0.6) is 0 Å². The predicted molar refractivity (Wildman–Crippen MR) is 97.5 cm³/mol. The molecule has 0 saturated carbocycles. The van der Waals surface area contributed by atoms with E-state index in [4.69, 9.17) is 4.74 Å². The quantitative estimate of drug-likeness (QED) is 0.717. The largest absolute Gasteiger partial charge is 0.385 e. The SMILES string of the molecule is COCCCCS(=O)(=O)N1CCC[C@@H]1c1cccc2ccccc12. The molecular weight excluding hydrogens is 322 g/mol. The number of nitrogens with zero attached hydrogens (tertiary/aromatic N) is 1. The third-order valence-electron chi connectivity index (χ3n) is 4.74. The van der Waals surface area contributed by atoms with Gasteiger partial charge in [0.25, 0.3) is 0 Å². The molecule has 1 heterocycles. The van der Waals surface area contributed by atoms with Crippen LogP contribution in [-0.4, -0.2) is 38.7 Å². The molecule has 1 fully saturated rings. The molecule has 2 aromatic carbocycles. The van der Waals surface area contributed by atoms with Gasteiger partial charge in [-0.2, -0.15) is 4.31 Å². The Hall–Kier alpha value is -1.43. The zero-order valence-corrected chi connectivity index (χ0v) is 15.0. The highest BCUT2D eigenvalue weighted by atomic mass is 32.2. The summed E-state index contributed by atoms with van der Waals surface area (Å²) in [6.07, 6.45) is 3.24. The first-order valence-electron chi connectivity index (χ1n) is 8.59. The maximum absolute atomic E-state index is 12.8. The summed E-state index contributed by atoms with van der Waals surface area (Å²) in [5, 5.41) is 2.32. The van der Waals surface area contributed by atoms with Crippen molar-refractivity contribution in [3.05, 3.63) is 48.0 Å². The molecule has 130 valence electrons. The molecule has 0 bridgehead atoms. The summed E-state index contributed by atoms with van der Waals surface area (Å²) < 4.78 is 32.3. The second-order valence-electron chi connectivity index (χ2n) is 6.35. The van der Waals surface area contributed by atoms with Gasteiger partial charge in [-0.3, -0.25) is 0 Å². The molecule has 0 aliphatic carbocycles. The molecule has 1 aliphatic heterocycles. The number of hydrogen-bond acceptors (Lipinski definition) is 3. The summed E-state index contributed by atoms with van der Waals surface area (Å²) in [5.74, 6) is 0.206. The van der Waals surface area contributed by atoms with Gasteiger partial charge >= 0.3 is 0 Å². The van der Waals surface area contributed by atoms with E-state index < -0.39 is 10.0 Å². The van der Waals surface area contributed by atoms with E-state index in [2.05, 4.69) is 24.3 Å². The van der Waals surface area contributed by atoms with Crippen molar-refractivity contribution in [2.45, 2.75) is 31.7 Å². The van der Waals surface area contributed by atoms with Crippen molar-refractivity contribution in [3.8, 4) is 0 Å². The lowest BCUT2D eigenvalue weighted by Crippen LogP contribution is -2.32. The summed E-state index contributed by atoms with van der Waals surface area (Å²) in [6.45, 7) is 1.24. The lowest BCUT2D eigenvalue weighted by atomic mass is 9.98. The van der Waals surface area contributed by atoms with Crippen molar-refractivity contribution in [2.75, 3.05) is 26.0 Å². The highest BCUT2D eigenvalue weighted by Crippen LogP contribution is 2.37. The first-order valence-corrected chi connectivity index (χ1v) is 10.2. The second-order valence-corrected chi connectivity index (χ2v) is 8.39. The molecule has 0 radical (unpaired) electrons. The standard InChI is InChI=1S/C19H25NO3S/c1-23-14-4-5-15-24(21,22)20-13-7-12-19(20)18-11-6-9-16-8-2-3-10-17(16)18/h2-3,6,8-11,19H,4-5,7,12-15H2,1H3/t19-/m1/s1. The summed E-state index contributed by atoms with van der Waals surface area (Å²) in [6, 6.07) is 14.4. The van der Waals surface area contributed by atoms with Crippen LogP contribution in [0.1, 0.15) is 37.3 Å². The van der Waals surface area contributed by atoms with E-state index in [9.17, 15) is 8.42 Å². The van der Waals surface area contributed by atoms with Gasteiger partial charge in [-0.15, -0.1) is 0 Å². The van der Waals surface area contributed by atoms with E-state index in [0.717, 1.165) is 30.2 Å². The van der Waals surface area contributed by atoms with Gasteiger partial charge in [-0.05, 0) is 42.0 Å². The fourth-order valence-corrected chi connectivity index (χ4v) is 5.39. The van der Waals surface area contributed by atoms with Crippen molar-refractivity contribution < 1.29 is 13.2 Å². The Morgan fingerprint density at radius 2 is 1.92 bits per heavy atom. The number of ether oxygens (including phenoxy) is 1. The fraction of sp³-hybridized carbons (Fsp3) is 0.474. The van der Waals surface area contributed by atoms with Crippen molar-refractivity contribution in [1.82, 2.24) is 4.31 Å². The van der Waals surface area contributed by atoms with Crippen LogP contribution in [-0.2, 0) is 14.8 Å². The average molecular weight is 347 g/mol. The monoisotopic (exact) mass is 347 g/mol. The Balaban J connectivity index is 1.85. The Kier molecular flexibility index (Phi) is 5.54. The highest BCUT2D eigenvalue weighted by Gasteiger charge is 2.35. The summed E-state index contributed by atoms with van der Waals surface area (Å²) in [7, 11) is -1.58. The van der Waals surface area contributed by atoms with Crippen molar-refractivity contribution in [3.63, 3.8) is 0 Å². The number of benzene rings is 2. The van der Waals surface area contributed by atoms with Crippen molar-refractivity contribution in [2.24, 2.45) is 0 Å². The molecule has 3 rings (SSSR count). The van der Waals surface area contributed by atoms with Crippen LogP contribution in [0.15, 0.2) is 42.5 Å². The lowest BCUT2D eigenvalue weighted by molar-refractivity contribution is 0.194. The van der Waals surface area contributed by atoms with Gasteiger partial charge in [0.1, 0.15) is 0 Å². The Morgan fingerprint density at radius 3 is 2.75 bits per heavy atom. The number of unbranched alkanes of at least 4 members (excludes halogenated alkanes) is 1. The zero-order valence-electron chi connectivity index (χ0n) is 14.1. The molecule has 1 atom stereocenters. The average Bonchev–Trinajstić information content (AvgIpc) is 3.09. The number of rotatable bonds is 7. The van der Waals surface area contributed by atoms with Gasteiger partial charge < -0.3 is 4.74 Å². The van der Waals surface area contributed by atoms with Gasteiger partial charge in [0.15, 0.2) is 0 Å². The second kappa shape index (κ2) is 7.64. The Bertz CT molecular complexity index is 783. The molecule has 0 aromatic heterocycles. The molecule has 24 heavy (non-hydrogen) atoms. The molecule has 0 amide bonds. The van der Waals surface area contributed by atoms with Gasteiger partial charge in [0, 0.05) is 20.3 Å². The molecule has 0 spiro atoms. The third kappa shape index (κ3) is 3.63. The van der Waals surface area contributed by atoms with Gasteiger partial charge in [0.05, 0.1) is 11.8 Å². The van der Waals surface area contributed by atoms with E-state index in [1.54, 1.807) is 11.4 Å². The molecule has 1 aliphatic rings. The van der Waals surface area contributed by atoms with E-state index in [1.165, 1.54) is 5.39 Å². The van der Waals surface area contributed by atoms with Gasteiger partial charge in [0.2, 0.25) is 10.0 Å². The minimum absolute atomic E-state index is 0.0384. The van der Waals surface area contributed by atoms with E-state index in [1.807, 2.05) is 18.2 Å². The van der Waals surface area contributed by atoms with Crippen LogP contribution in [0.25, 0.3) is 10.8 Å². The number of methoxy groups -OCH3 is 1.